The maximum atomic E-state index is 5.64. The summed E-state index contributed by atoms with van der Waals surface area (Å²) in [5.41, 5.74) is 9.40. The number of benzene rings is 1. The van der Waals surface area contributed by atoms with Crippen LogP contribution in [0.1, 0.15) is 0 Å². The minimum Gasteiger partial charge on any atom is -0.397 e. The number of aromatic amines is 1. The van der Waals surface area contributed by atoms with Gasteiger partial charge in [0.15, 0.2) is 0 Å². The molecule has 1 aromatic carbocycles. The van der Waals surface area contributed by atoms with Crippen LogP contribution in [0.15, 0.2) is 47.2 Å². The maximum absolute atomic E-state index is 5.64. The fourth-order valence-corrected chi connectivity index (χ4v) is 2.49. The fourth-order valence-electron chi connectivity index (χ4n) is 1.91. The quantitative estimate of drug-likeness (QED) is 0.719. The second-order valence-corrected chi connectivity index (χ2v) is 4.70. The number of anilines is 1. The molecule has 0 aliphatic carbocycles. The van der Waals surface area contributed by atoms with Crippen LogP contribution < -0.4 is 5.73 Å². The lowest BCUT2D eigenvalue weighted by Crippen LogP contribution is -1.87. The van der Waals surface area contributed by atoms with Crippen molar-refractivity contribution in [1.82, 2.24) is 9.97 Å². The van der Waals surface area contributed by atoms with Crippen LogP contribution in [0, 0.1) is 0 Å². The average molecular weight is 288 g/mol. The second-order valence-electron chi connectivity index (χ2n) is 3.84. The van der Waals surface area contributed by atoms with Gasteiger partial charge in [-0.15, -0.1) is 0 Å². The van der Waals surface area contributed by atoms with Gasteiger partial charge < -0.3 is 10.7 Å². The summed E-state index contributed by atoms with van der Waals surface area (Å²) in [6, 6.07) is 9.86. The van der Waals surface area contributed by atoms with Crippen LogP contribution in [0.5, 0.6) is 0 Å². The number of nitrogen functional groups attached to an aromatic ring is 1. The third kappa shape index (κ3) is 1.70. The molecule has 17 heavy (non-hydrogen) atoms. The Morgan fingerprint density at radius 2 is 2.06 bits per heavy atom. The van der Waals surface area contributed by atoms with Gasteiger partial charge in [0.1, 0.15) is 0 Å². The molecule has 4 heteroatoms. The Kier molecular flexibility index (Phi) is 2.37. The zero-order chi connectivity index (χ0) is 11.8. The topological polar surface area (TPSA) is 54.7 Å². The first-order valence-corrected chi connectivity index (χ1v) is 6.02. The summed E-state index contributed by atoms with van der Waals surface area (Å²) in [7, 11) is 0. The number of nitrogens with two attached hydrogens (primary N) is 1. The predicted molar refractivity (Wildman–Crippen MR) is 73.6 cm³/mol. The van der Waals surface area contributed by atoms with E-state index in [4.69, 9.17) is 5.73 Å². The van der Waals surface area contributed by atoms with Crippen molar-refractivity contribution in [2.24, 2.45) is 0 Å². The molecule has 2 aromatic heterocycles. The van der Waals surface area contributed by atoms with Gasteiger partial charge >= 0.3 is 0 Å². The first-order chi connectivity index (χ1) is 8.25. The summed E-state index contributed by atoms with van der Waals surface area (Å²) < 4.78 is 1.06. The van der Waals surface area contributed by atoms with E-state index in [1.54, 1.807) is 6.20 Å². The van der Waals surface area contributed by atoms with Gasteiger partial charge in [-0.2, -0.15) is 0 Å². The number of aromatic nitrogens is 2. The molecular weight excluding hydrogens is 278 g/mol. The third-order valence-electron chi connectivity index (χ3n) is 2.72. The highest BCUT2D eigenvalue weighted by Gasteiger charge is 2.09. The largest absolute Gasteiger partial charge is 0.397 e. The molecule has 0 fully saturated rings. The van der Waals surface area contributed by atoms with E-state index in [1.165, 1.54) is 0 Å². The van der Waals surface area contributed by atoms with Crippen molar-refractivity contribution in [3.8, 4) is 11.3 Å². The number of pyridine rings is 1. The number of halogens is 1. The summed E-state index contributed by atoms with van der Waals surface area (Å²) in [6.45, 7) is 0. The molecule has 0 aliphatic heterocycles. The zero-order valence-corrected chi connectivity index (χ0v) is 10.5. The van der Waals surface area contributed by atoms with Crippen LogP contribution in [0.3, 0.4) is 0 Å². The Morgan fingerprint density at radius 1 is 1.18 bits per heavy atom. The van der Waals surface area contributed by atoms with Gasteiger partial charge in [0, 0.05) is 27.1 Å². The Labute approximate surface area is 107 Å². The minimum atomic E-state index is 0.674. The molecule has 84 valence electrons. The van der Waals surface area contributed by atoms with Crippen molar-refractivity contribution in [3.05, 3.63) is 47.2 Å². The molecule has 0 spiro atoms. The third-order valence-corrected chi connectivity index (χ3v) is 3.38. The van der Waals surface area contributed by atoms with Crippen LogP contribution in [0.25, 0.3) is 22.2 Å². The molecular formula is C13H10BrN3. The van der Waals surface area contributed by atoms with Gasteiger partial charge in [-0.1, -0.05) is 22.0 Å². The molecule has 3 rings (SSSR count). The van der Waals surface area contributed by atoms with Crippen molar-refractivity contribution in [2.75, 3.05) is 5.73 Å². The van der Waals surface area contributed by atoms with E-state index < -0.39 is 0 Å². The fraction of sp³-hybridized carbons (Fsp3) is 0. The highest BCUT2D eigenvalue weighted by molar-refractivity contribution is 9.10. The average Bonchev–Trinajstić information content (AvgIpc) is 2.75. The van der Waals surface area contributed by atoms with Gasteiger partial charge in [0.2, 0.25) is 0 Å². The summed E-state index contributed by atoms with van der Waals surface area (Å²) >= 11 is 3.57. The van der Waals surface area contributed by atoms with Crippen molar-refractivity contribution in [2.45, 2.75) is 0 Å². The molecule has 3 nitrogen and oxygen atoms in total. The van der Waals surface area contributed by atoms with E-state index in [1.807, 2.05) is 36.5 Å². The SMILES string of the molecule is Nc1ccc(-c2c[nH]c3cccc(Br)c23)nc1. The first kappa shape index (κ1) is 10.4. The van der Waals surface area contributed by atoms with Crippen LogP contribution in [-0.4, -0.2) is 9.97 Å². The second kappa shape index (κ2) is 3.89. The zero-order valence-electron chi connectivity index (χ0n) is 8.94. The van der Waals surface area contributed by atoms with E-state index >= 15 is 0 Å². The molecule has 0 bridgehead atoms. The summed E-state index contributed by atoms with van der Waals surface area (Å²) in [5, 5.41) is 1.14. The molecule has 3 aromatic rings. The Balaban J connectivity index is 2.27. The number of H-pyrrole nitrogens is 1. The van der Waals surface area contributed by atoms with E-state index in [-0.39, 0.29) is 0 Å². The normalized spacial score (nSPS) is 10.9. The number of hydrogen-bond acceptors (Lipinski definition) is 2. The van der Waals surface area contributed by atoms with Crippen LogP contribution in [0.4, 0.5) is 5.69 Å². The molecule has 0 radical (unpaired) electrons. The molecule has 0 aliphatic rings. The van der Waals surface area contributed by atoms with Gasteiger partial charge in [-0.25, -0.2) is 0 Å². The number of nitrogens with one attached hydrogen (secondary N) is 1. The van der Waals surface area contributed by atoms with Crippen molar-refractivity contribution in [3.63, 3.8) is 0 Å². The smallest absolute Gasteiger partial charge is 0.0725 e. The van der Waals surface area contributed by atoms with Crippen molar-refractivity contribution in [1.29, 1.82) is 0 Å². The molecule has 0 saturated heterocycles. The summed E-state index contributed by atoms with van der Waals surface area (Å²) in [5.74, 6) is 0. The maximum Gasteiger partial charge on any atom is 0.0725 e. The van der Waals surface area contributed by atoms with E-state index in [0.717, 1.165) is 26.6 Å². The Hall–Kier alpha value is -1.81. The van der Waals surface area contributed by atoms with Crippen LogP contribution in [0.2, 0.25) is 0 Å². The number of nitrogens with zero attached hydrogens (tertiary/aromatic N) is 1. The lowest BCUT2D eigenvalue weighted by Gasteiger charge is -2.01. The van der Waals surface area contributed by atoms with Gasteiger partial charge in [0.25, 0.3) is 0 Å². The van der Waals surface area contributed by atoms with Crippen LogP contribution >= 0.6 is 15.9 Å². The first-order valence-electron chi connectivity index (χ1n) is 5.23. The van der Waals surface area contributed by atoms with Gasteiger partial charge in [-0.05, 0) is 24.3 Å². The molecule has 2 heterocycles. The molecule has 0 saturated carbocycles. The number of hydrogen-bond donors (Lipinski definition) is 2. The van der Waals surface area contributed by atoms with Crippen molar-refractivity contribution >= 4 is 32.5 Å². The van der Waals surface area contributed by atoms with Gasteiger partial charge in [-0.3, -0.25) is 4.98 Å². The predicted octanol–water partition coefficient (Wildman–Crippen LogP) is 3.57. The van der Waals surface area contributed by atoms with E-state index in [0.29, 0.717) is 5.69 Å². The highest BCUT2D eigenvalue weighted by Crippen LogP contribution is 2.32. The monoisotopic (exact) mass is 287 g/mol. The molecule has 3 N–H and O–H groups in total. The van der Waals surface area contributed by atoms with E-state index in [2.05, 4.69) is 25.9 Å². The standard InChI is InChI=1S/C13H10BrN3/c14-10-2-1-3-12-13(10)9(7-17-12)11-5-4-8(15)6-16-11/h1-7,17H,15H2. The van der Waals surface area contributed by atoms with Crippen LogP contribution in [-0.2, 0) is 0 Å². The lowest BCUT2D eigenvalue weighted by molar-refractivity contribution is 1.33. The minimum absolute atomic E-state index is 0.674. The Morgan fingerprint density at radius 3 is 2.82 bits per heavy atom. The van der Waals surface area contributed by atoms with Gasteiger partial charge in [0.05, 0.1) is 17.6 Å². The van der Waals surface area contributed by atoms with Crippen molar-refractivity contribution < 1.29 is 0 Å². The highest BCUT2D eigenvalue weighted by atomic mass is 79.9. The number of fused-ring (bicyclic) bond motifs is 1. The summed E-state index contributed by atoms with van der Waals surface area (Å²) in [6.07, 6.45) is 3.64. The lowest BCUT2D eigenvalue weighted by atomic mass is 10.1. The van der Waals surface area contributed by atoms with E-state index in [9.17, 15) is 0 Å². The number of rotatable bonds is 1. The molecule has 0 atom stereocenters. The Bertz CT molecular complexity index is 671. The molecule has 0 unspecified atom stereocenters. The summed E-state index contributed by atoms with van der Waals surface area (Å²) in [4.78, 5) is 7.59. The molecule has 0 amide bonds.